The number of benzene rings is 1. The van der Waals surface area contributed by atoms with Gasteiger partial charge in [-0.25, -0.2) is 4.79 Å². The molecule has 1 aromatic carbocycles. The van der Waals surface area contributed by atoms with Gasteiger partial charge in [-0.15, -0.1) is 0 Å². The topological polar surface area (TPSA) is 37.3 Å². The van der Waals surface area contributed by atoms with E-state index in [1.54, 1.807) is 6.08 Å². The number of rotatable bonds is 3. The number of allylic oxidation sites excluding steroid dienone is 1. The van der Waals surface area contributed by atoms with E-state index in [1.165, 1.54) is 0 Å². The fourth-order valence-corrected chi connectivity index (χ4v) is 1.08. The van der Waals surface area contributed by atoms with Crippen molar-refractivity contribution >= 4 is 18.1 Å². The Morgan fingerprint density at radius 3 is 2.07 bits per heavy atom. The summed E-state index contributed by atoms with van der Waals surface area (Å²) in [5, 5.41) is 8.42. The molecule has 0 aromatic heterocycles. The first-order valence-corrected chi connectivity index (χ1v) is 4.36. The molecule has 0 heterocycles. The van der Waals surface area contributed by atoms with Crippen LogP contribution in [0.4, 0.5) is 0 Å². The molecule has 0 saturated heterocycles. The molecule has 0 saturated carbocycles. The first-order chi connectivity index (χ1) is 6.72. The molecule has 0 fully saturated rings. The maximum Gasteiger partial charge on any atom is 0.328 e. The maximum atomic E-state index is 10.2. The second-order valence-electron chi connectivity index (χ2n) is 2.84. The van der Waals surface area contributed by atoms with Crippen LogP contribution in [0.5, 0.6) is 0 Å². The molecule has 0 aliphatic heterocycles. The van der Waals surface area contributed by atoms with E-state index < -0.39 is 5.97 Å². The fourth-order valence-electron chi connectivity index (χ4n) is 1.08. The van der Waals surface area contributed by atoms with Gasteiger partial charge in [0.2, 0.25) is 0 Å². The molecular weight excluding hydrogens is 176 g/mol. The third-order valence-electron chi connectivity index (χ3n) is 1.71. The van der Waals surface area contributed by atoms with Crippen LogP contribution in [0.25, 0.3) is 12.2 Å². The van der Waals surface area contributed by atoms with Gasteiger partial charge in [0.25, 0.3) is 0 Å². The Bertz CT molecular complexity index is 358. The molecule has 0 unspecified atom stereocenters. The Morgan fingerprint density at radius 1 is 1.14 bits per heavy atom. The molecular formula is C12H12O2. The van der Waals surface area contributed by atoms with Crippen molar-refractivity contribution in [1.29, 1.82) is 0 Å². The molecule has 1 aromatic rings. The molecule has 14 heavy (non-hydrogen) atoms. The number of hydrogen-bond acceptors (Lipinski definition) is 1. The van der Waals surface area contributed by atoms with E-state index in [2.05, 4.69) is 0 Å². The second-order valence-corrected chi connectivity index (χ2v) is 2.84. The number of carbonyl (C=O) groups is 1. The van der Waals surface area contributed by atoms with Gasteiger partial charge in [-0.05, 0) is 24.1 Å². The molecule has 0 atom stereocenters. The summed E-state index contributed by atoms with van der Waals surface area (Å²) in [4.78, 5) is 10.2. The highest BCUT2D eigenvalue weighted by molar-refractivity contribution is 5.85. The van der Waals surface area contributed by atoms with E-state index >= 15 is 0 Å². The first-order valence-electron chi connectivity index (χ1n) is 4.36. The second kappa shape index (κ2) is 5.02. The van der Waals surface area contributed by atoms with Crippen molar-refractivity contribution in [2.45, 2.75) is 6.92 Å². The average Bonchev–Trinajstić information content (AvgIpc) is 2.17. The third-order valence-corrected chi connectivity index (χ3v) is 1.71. The van der Waals surface area contributed by atoms with Crippen molar-refractivity contribution in [3.05, 3.63) is 47.5 Å². The Kier molecular flexibility index (Phi) is 3.68. The normalized spacial score (nSPS) is 11.2. The van der Waals surface area contributed by atoms with Crippen molar-refractivity contribution in [2.75, 3.05) is 0 Å². The van der Waals surface area contributed by atoms with Crippen molar-refractivity contribution in [3.63, 3.8) is 0 Å². The van der Waals surface area contributed by atoms with Gasteiger partial charge in [-0.2, -0.15) is 0 Å². The molecule has 0 amide bonds. The first kappa shape index (κ1) is 10.3. The summed E-state index contributed by atoms with van der Waals surface area (Å²) >= 11 is 0. The molecule has 1 N–H and O–H groups in total. The molecule has 0 spiro atoms. The zero-order valence-electron chi connectivity index (χ0n) is 7.97. The highest BCUT2D eigenvalue weighted by Gasteiger charge is 1.89. The minimum absolute atomic E-state index is 0.889. The Balaban J connectivity index is 2.78. The van der Waals surface area contributed by atoms with Crippen LogP contribution in [-0.2, 0) is 4.79 Å². The summed E-state index contributed by atoms with van der Waals surface area (Å²) in [6.45, 7) is 1.96. The van der Waals surface area contributed by atoms with Crippen LogP contribution in [0.3, 0.4) is 0 Å². The SMILES string of the molecule is C/C=C/c1ccc(/C=C/C(=O)O)cc1. The van der Waals surface area contributed by atoms with Crippen LogP contribution in [-0.4, -0.2) is 11.1 Å². The maximum absolute atomic E-state index is 10.2. The highest BCUT2D eigenvalue weighted by atomic mass is 16.4. The predicted octanol–water partition coefficient (Wildman–Crippen LogP) is 2.82. The number of carboxylic acids is 1. The summed E-state index contributed by atoms with van der Waals surface area (Å²) < 4.78 is 0. The molecule has 72 valence electrons. The summed E-state index contributed by atoms with van der Waals surface area (Å²) in [6, 6.07) is 7.66. The van der Waals surface area contributed by atoms with Crippen LogP contribution in [0, 0.1) is 0 Å². The van der Waals surface area contributed by atoms with Crippen molar-refractivity contribution in [3.8, 4) is 0 Å². The van der Waals surface area contributed by atoms with Crippen molar-refractivity contribution in [2.24, 2.45) is 0 Å². The van der Waals surface area contributed by atoms with Gasteiger partial charge in [-0.3, -0.25) is 0 Å². The van der Waals surface area contributed by atoms with Crippen LogP contribution < -0.4 is 0 Å². The fraction of sp³-hybridized carbons (Fsp3) is 0.0833. The van der Waals surface area contributed by atoms with E-state index in [4.69, 9.17) is 5.11 Å². The van der Waals surface area contributed by atoms with Gasteiger partial charge >= 0.3 is 5.97 Å². The summed E-state index contributed by atoms with van der Waals surface area (Å²) in [5.41, 5.74) is 2.00. The molecule has 2 nitrogen and oxygen atoms in total. The Hall–Kier alpha value is -1.83. The van der Waals surface area contributed by atoms with Gasteiger partial charge in [0.1, 0.15) is 0 Å². The third kappa shape index (κ3) is 3.27. The van der Waals surface area contributed by atoms with Crippen LogP contribution in [0.2, 0.25) is 0 Å². The smallest absolute Gasteiger partial charge is 0.328 e. The van der Waals surface area contributed by atoms with E-state index in [-0.39, 0.29) is 0 Å². The number of carboxylic acid groups (broad SMARTS) is 1. The standard InChI is InChI=1S/C12H12O2/c1-2-3-10-4-6-11(7-5-10)8-9-12(13)14/h2-9H,1H3,(H,13,14)/b3-2+,9-8+. The molecule has 0 aliphatic carbocycles. The monoisotopic (exact) mass is 188 g/mol. The lowest BCUT2D eigenvalue weighted by Crippen LogP contribution is -1.85. The van der Waals surface area contributed by atoms with Gasteiger partial charge in [-0.1, -0.05) is 36.4 Å². The molecule has 0 radical (unpaired) electrons. The van der Waals surface area contributed by atoms with E-state index in [0.717, 1.165) is 17.2 Å². The Labute approximate surface area is 83.2 Å². The van der Waals surface area contributed by atoms with Gasteiger partial charge in [0, 0.05) is 6.08 Å². The molecule has 0 bridgehead atoms. The lowest BCUT2D eigenvalue weighted by Gasteiger charge is -1.94. The van der Waals surface area contributed by atoms with E-state index in [9.17, 15) is 4.79 Å². The summed E-state index contributed by atoms with van der Waals surface area (Å²) in [5.74, 6) is -0.928. The van der Waals surface area contributed by atoms with E-state index in [0.29, 0.717) is 0 Å². The number of hydrogen-bond donors (Lipinski definition) is 1. The van der Waals surface area contributed by atoms with Gasteiger partial charge in [0.05, 0.1) is 0 Å². The quantitative estimate of drug-likeness (QED) is 0.740. The van der Waals surface area contributed by atoms with E-state index in [1.807, 2.05) is 43.3 Å². The Morgan fingerprint density at radius 2 is 1.64 bits per heavy atom. The summed E-state index contributed by atoms with van der Waals surface area (Å²) in [6.07, 6.45) is 6.65. The van der Waals surface area contributed by atoms with Crippen LogP contribution in [0.15, 0.2) is 36.4 Å². The van der Waals surface area contributed by atoms with Crippen LogP contribution >= 0.6 is 0 Å². The number of aliphatic carboxylic acids is 1. The molecule has 1 rings (SSSR count). The average molecular weight is 188 g/mol. The minimum Gasteiger partial charge on any atom is -0.478 e. The largest absolute Gasteiger partial charge is 0.478 e. The van der Waals surface area contributed by atoms with Gasteiger partial charge < -0.3 is 5.11 Å². The van der Waals surface area contributed by atoms with Crippen molar-refractivity contribution < 1.29 is 9.90 Å². The zero-order chi connectivity index (χ0) is 10.4. The summed E-state index contributed by atoms with van der Waals surface area (Å²) in [7, 11) is 0. The lowest BCUT2D eigenvalue weighted by molar-refractivity contribution is -0.131. The molecule has 2 heteroatoms. The zero-order valence-corrected chi connectivity index (χ0v) is 7.97. The molecule has 0 aliphatic rings. The van der Waals surface area contributed by atoms with Crippen molar-refractivity contribution in [1.82, 2.24) is 0 Å². The predicted molar refractivity (Wildman–Crippen MR) is 57.8 cm³/mol. The highest BCUT2D eigenvalue weighted by Crippen LogP contribution is 2.07. The van der Waals surface area contributed by atoms with Crippen LogP contribution in [0.1, 0.15) is 18.1 Å². The minimum atomic E-state index is -0.928. The van der Waals surface area contributed by atoms with Gasteiger partial charge in [0.15, 0.2) is 0 Å². The lowest BCUT2D eigenvalue weighted by atomic mass is 10.1.